The molecule has 2 aromatic heterocycles. The third kappa shape index (κ3) is 7.04. The van der Waals surface area contributed by atoms with Crippen molar-refractivity contribution in [2.75, 3.05) is 28.2 Å². The highest BCUT2D eigenvalue weighted by atomic mass is 32.2. The molecule has 36 heavy (non-hydrogen) atoms. The van der Waals surface area contributed by atoms with E-state index >= 15 is 0 Å². The largest absolute Gasteiger partial charge is 0.421 e. The quantitative estimate of drug-likeness (QED) is 0.390. The van der Waals surface area contributed by atoms with Crippen LogP contribution in [-0.2, 0) is 34.1 Å². The summed E-state index contributed by atoms with van der Waals surface area (Å²) in [5, 5.41) is 8.15. The molecular weight excluding hydrogens is 499 g/mol. The number of alkyl halides is 3. The summed E-state index contributed by atoms with van der Waals surface area (Å²) in [5.74, 6) is -0.716. The molecule has 0 saturated heterocycles. The molecule has 0 bridgehead atoms. The number of carbonyl (C=O) groups excluding carboxylic acids is 1. The maximum atomic E-state index is 13.6. The summed E-state index contributed by atoms with van der Waals surface area (Å²) in [6, 6.07) is 9.96. The average molecular weight is 524 g/mol. The molecule has 3 N–H and O–H groups in total. The normalized spacial score (nSPS) is 11.6. The Kier molecular flexibility index (Phi) is 7.97. The number of benzene rings is 1. The average Bonchev–Trinajstić information content (AvgIpc) is 2.80. The lowest BCUT2D eigenvalue weighted by Crippen LogP contribution is -2.27. The zero-order valence-electron chi connectivity index (χ0n) is 19.6. The van der Waals surface area contributed by atoms with Gasteiger partial charge >= 0.3 is 6.18 Å². The highest BCUT2D eigenvalue weighted by Gasteiger charge is 2.35. The Hall–Kier alpha value is -3.94. The molecule has 0 spiro atoms. The van der Waals surface area contributed by atoms with Gasteiger partial charge in [0.2, 0.25) is 21.9 Å². The number of carbonyl (C=O) groups is 1. The zero-order chi connectivity index (χ0) is 26.5. The van der Waals surface area contributed by atoms with Gasteiger partial charge in [0.05, 0.1) is 6.26 Å². The maximum Gasteiger partial charge on any atom is 0.421 e. The van der Waals surface area contributed by atoms with Gasteiger partial charge in [-0.05, 0) is 23.8 Å². The minimum atomic E-state index is -4.74. The molecule has 3 aromatic rings. The summed E-state index contributed by atoms with van der Waals surface area (Å²) in [5.41, 5.74) is 0.527. The van der Waals surface area contributed by atoms with E-state index in [1.165, 1.54) is 20.2 Å². The highest BCUT2D eigenvalue weighted by molar-refractivity contribution is 7.92. The number of anilines is 4. The molecule has 0 radical (unpaired) electrons. The summed E-state index contributed by atoms with van der Waals surface area (Å²) in [7, 11) is -2.34. The Morgan fingerprint density at radius 2 is 1.86 bits per heavy atom. The second-order valence-electron chi connectivity index (χ2n) is 7.76. The second kappa shape index (κ2) is 10.8. The molecule has 0 saturated carbocycles. The van der Waals surface area contributed by atoms with E-state index in [1.54, 1.807) is 36.4 Å². The Morgan fingerprint density at radius 1 is 1.11 bits per heavy atom. The van der Waals surface area contributed by atoms with Gasteiger partial charge in [-0.15, -0.1) is 0 Å². The van der Waals surface area contributed by atoms with E-state index in [1.807, 2.05) is 0 Å². The maximum absolute atomic E-state index is 13.6. The summed E-state index contributed by atoms with van der Waals surface area (Å²) >= 11 is 0. The van der Waals surface area contributed by atoms with Crippen molar-refractivity contribution >= 4 is 39.2 Å². The summed E-state index contributed by atoms with van der Waals surface area (Å²) in [4.78, 5) is 23.0. The van der Waals surface area contributed by atoms with Gasteiger partial charge in [-0.3, -0.25) is 9.10 Å². The number of hydrogen-bond donors (Lipinski definition) is 3. The van der Waals surface area contributed by atoms with Gasteiger partial charge in [-0.2, -0.15) is 18.2 Å². The van der Waals surface area contributed by atoms with Gasteiger partial charge in [-0.1, -0.05) is 18.2 Å². The number of nitrogens with zero attached hydrogens (tertiary/aromatic N) is 4. The lowest BCUT2D eigenvalue weighted by atomic mass is 10.2. The van der Waals surface area contributed by atoms with Crippen LogP contribution < -0.4 is 20.3 Å². The first kappa shape index (κ1) is 26.7. The predicted octanol–water partition coefficient (Wildman–Crippen LogP) is 3.28. The van der Waals surface area contributed by atoms with Gasteiger partial charge in [-0.25, -0.2) is 18.4 Å². The lowest BCUT2D eigenvalue weighted by molar-refractivity contribution is -0.137. The first-order chi connectivity index (χ1) is 16.8. The van der Waals surface area contributed by atoms with E-state index in [2.05, 4.69) is 30.9 Å². The third-order valence-corrected chi connectivity index (χ3v) is 6.10. The van der Waals surface area contributed by atoms with E-state index in [9.17, 15) is 26.4 Å². The van der Waals surface area contributed by atoms with Crippen molar-refractivity contribution in [1.82, 2.24) is 20.3 Å². The summed E-state index contributed by atoms with van der Waals surface area (Å²) in [6.45, 7) is 1.48. The van der Waals surface area contributed by atoms with Crippen molar-refractivity contribution < 1.29 is 26.4 Å². The Morgan fingerprint density at radius 3 is 2.53 bits per heavy atom. The van der Waals surface area contributed by atoms with E-state index in [-0.39, 0.29) is 30.8 Å². The van der Waals surface area contributed by atoms with Crippen molar-refractivity contribution in [2.45, 2.75) is 26.2 Å². The molecule has 0 atom stereocenters. The predicted molar refractivity (Wildman–Crippen MR) is 129 cm³/mol. The monoisotopic (exact) mass is 523 g/mol. The Balaban J connectivity index is 1.87. The number of aromatic nitrogens is 3. The molecule has 14 heteroatoms. The molecule has 10 nitrogen and oxygen atoms in total. The minimum Gasteiger partial charge on any atom is -0.365 e. The van der Waals surface area contributed by atoms with E-state index < -0.39 is 27.6 Å². The number of halogens is 3. The second-order valence-corrected chi connectivity index (χ2v) is 9.77. The van der Waals surface area contributed by atoms with Crippen LogP contribution in [0.1, 0.15) is 23.6 Å². The standard InChI is InChI=1S/C22H24F3N7O3S/c1-14(33)27-11-15-6-4-8-17(10-15)30-21-29-13-18(22(23,24)25)19(31-21)28-12-16-7-5-9-26-20(16)32(2)36(3,34)35/h4-10,13H,11-12H2,1-3H3,(H,27,33)(H2,28,29,30,31). The van der Waals surface area contributed by atoms with Crippen LogP contribution in [0.3, 0.4) is 0 Å². The van der Waals surface area contributed by atoms with Crippen LogP contribution in [0.15, 0.2) is 48.8 Å². The van der Waals surface area contributed by atoms with Gasteiger partial charge in [0, 0.05) is 50.7 Å². The van der Waals surface area contributed by atoms with Crippen LogP contribution in [-0.4, -0.2) is 42.6 Å². The number of pyridine rings is 1. The minimum absolute atomic E-state index is 0.0736. The first-order valence-corrected chi connectivity index (χ1v) is 12.4. The summed E-state index contributed by atoms with van der Waals surface area (Å²) in [6.07, 6.45) is -1.70. The van der Waals surface area contributed by atoms with E-state index in [0.717, 1.165) is 16.1 Å². The smallest absolute Gasteiger partial charge is 0.365 e. The third-order valence-electron chi connectivity index (χ3n) is 4.93. The molecule has 0 fully saturated rings. The van der Waals surface area contributed by atoms with Gasteiger partial charge in [0.25, 0.3) is 0 Å². The van der Waals surface area contributed by atoms with Crippen LogP contribution in [0.5, 0.6) is 0 Å². The lowest BCUT2D eigenvalue weighted by Gasteiger charge is -2.20. The molecule has 2 heterocycles. The van der Waals surface area contributed by atoms with Crippen molar-refractivity contribution in [3.63, 3.8) is 0 Å². The Bertz CT molecular complexity index is 1350. The molecule has 0 unspecified atom stereocenters. The van der Waals surface area contributed by atoms with Crippen LogP contribution in [0.2, 0.25) is 0 Å². The van der Waals surface area contributed by atoms with Crippen molar-refractivity contribution in [2.24, 2.45) is 0 Å². The topological polar surface area (TPSA) is 129 Å². The zero-order valence-corrected chi connectivity index (χ0v) is 20.4. The van der Waals surface area contributed by atoms with Crippen LogP contribution >= 0.6 is 0 Å². The molecule has 0 aliphatic rings. The summed E-state index contributed by atoms with van der Waals surface area (Å²) < 4.78 is 65.7. The number of hydrogen-bond acceptors (Lipinski definition) is 8. The van der Waals surface area contributed by atoms with Crippen LogP contribution in [0, 0.1) is 0 Å². The molecule has 192 valence electrons. The first-order valence-electron chi connectivity index (χ1n) is 10.5. The highest BCUT2D eigenvalue weighted by Crippen LogP contribution is 2.34. The fourth-order valence-corrected chi connectivity index (χ4v) is 3.57. The number of rotatable bonds is 9. The van der Waals surface area contributed by atoms with E-state index in [0.29, 0.717) is 17.4 Å². The molecule has 1 aromatic carbocycles. The van der Waals surface area contributed by atoms with Crippen molar-refractivity contribution in [3.05, 3.63) is 65.5 Å². The van der Waals surface area contributed by atoms with Crippen LogP contribution in [0.25, 0.3) is 0 Å². The molecule has 0 aliphatic carbocycles. The fourth-order valence-electron chi connectivity index (χ4n) is 3.09. The number of amides is 1. The SMILES string of the molecule is CC(=O)NCc1cccc(Nc2ncc(C(F)(F)F)c(NCc3cccnc3N(C)S(C)(=O)=O)n2)c1. The molecule has 1 amide bonds. The van der Waals surface area contributed by atoms with Crippen molar-refractivity contribution in [3.8, 4) is 0 Å². The van der Waals surface area contributed by atoms with Crippen LogP contribution in [0.4, 0.5) is 36.4 Å². The fraction of sp³-hybridized carbons (Fsp3) is 0.273. The molecule has 3 rings (SSSR count). The Labute approximate surface area is 206 Å². The van der Waals surface area contributed by atoms with Gasteiger partial charge in [0.15, 0.2) is 0 Å². The van der Waals surface area contributed by atoms with Crippen molar-refractivity contribution in [1.29, 1.82) is 0 Å². The number of sulfonamides is 1. The number of nitrogens with one attached hydrogen (secondary N) is 3. The molecule has 0 aliphatic heterocycles. The molecular formula is C22H24F3N7O3S. The van der Waals surface area contributed by atoms with E-state index in [4.69, 9.17) is 0 Å². The van der Waals surface area contributed by atoms with Gasteiger partial charge in [0.1, 0.15) is 17.2 Å². The van der Waals surface area contributed by atoms with Gasteiger partial charge < -0.3 is 16.0 Å².